The Labute approximate surface area is 252 Å². The number of β-amino-alcohol motifs (C(OH)–C–C–N with tert-alkyl or cyclic N) is 1. The molecule has 1 aromatic rings. The van der Waals surface area contributed by atoms with Crippen molar-refractivity contribution >= 4 is 18.0 Å². The highest BCUT2D eigenvalue weighted by atomic mass is 16.6. The number of nitrogens with one attached hydrogen (secondary N) is 1. The molecule has 4 N–H and O–H groups in total. The van der Waals surface area contributed by atoms with E-state index in [1.807, 2.05) is 20.8 Å². The standard InChI is InChI=1S/C23H34N4O5.C7H10O4/c1-23(2,3)32-22(29)25-8-9-26-12-20-14-27(15-21(13-26)31-20)11-18(28)16-30-19-6-4-17(10-24)5-7-19;8-6(9)4-2-1-3-5(4)7(10)11/h4-7,18,20-21,28H,8-9,11-16H2,1-3H3,(H,25,29);4-5H,1-3H2,(H,8,9)(H,10,11)/t18-,20?,21?;/m0./s1. The van der Waals surface area contributed by atoms with Gasteiger partial charge in [0.1, 0.15) is 24.1 Å². The van der Waals surface area contributed by atoms with Crippen molar-refractivity contribution in [3.63, 3.8) is 0 Å². The molecular weight excluding hydrogens is 560 g/mol. The van der Waals surface area contributed by atoms with Gasteiger partial charge in [0, 0.05) is 45.8 Å². The van der Waals surface area contributed by atoms with Crippen molar-refractivity contribution < 1.29 is 43.9 Å². The number of hydrogen-bond donors (Lipinski definition) is 4. The van der Waals surface area contributed by atoms with Crippen LogP contribution in [-0.2, 0) is 19.1 Å². The molecule has 2 heterocycles. The number of rotatable bonds is 10. The molecule has 3 aliphatic rings. The zero-order chi connectivity index (χ0) is 31.6. The van der Waals surface area contributed by atoms with E-state index in [9.17, 15) is 19.5 Å². The van der Waals surface area contributed by atoms with Gasteiger partial charge >= 0.3 is 18.0 Å². The lowest BCUT2D eigenvalue weighted by Gasteiger charge is -2.46. The normalized spacial score (nSPS) is 24.5. The molecule has 1 saturated carbocycles. The average molecular weight is 605 g/mol. The van der Waals surface area contributed by atoms with Crippen LogP contribution in [0.1, 0.15) is 45.6 Å². The fourth-order valence-corrected chi connectivity index (χ4v) is 5.54. The van der Waals surface area contributed by atoms with Crippen LogP contribution in [-0.4, -0.2) is 119 Å². The number of nitrogens with zero attached hydrogens (tertiary/aromatic N) is 3. The van der Waals surface area contributed by atoms with Gasteiger partial charge in [0.05, 0.1) is 35.7 Å². The number of aliphatic carboxylic acids is 2. The molecule has 5 atom stereocenters. The van der Waals surface area contributed by atoms with E-state index in [0.29, 0.717) is 43.7 Å². The van der Waals surface area contributed by atoms with Gasteiger partial charge in [-0.25, -0.2) is 4.79 Å². The predicted octanol–water partition coefficient (Wildman–Crippen LogP) is 1.78. The van der Waals surface area contributed by atoms with E-state index >= 15 is 0 Å². The Morgan fingerprint density at radius 1 is 1.02 bits per heavy atom. The number of fused-ring (bicyclic) bond motifs is 2. The highest BCUT2D eigenvalue weighted by Crippen LogP contribution is 2.31. The minimum absolute atomic E-state index is 0.0793. The van der Waals surface area contributed by atoms with Crippen molar-refractivity contribution in [2.45, 2.75) is 63.9 Å². The van der Waals surface area contributed by atoms with Crippen molar-refractivity contribution in [1.29, 1.82) is 5.26 Å². The van der Waals surface area contributed by atoms with Crippen molar-refractivity contribution in [1.82, 2.24) is 15.1 Å². The second kappa shape index (κ2) is 15.9. The number of carboxylic acids is 2. The summed E-state index contributed by atoms with van der Waals surface area (Å²) < 4.78 is 17.0. The molecule has 2 aliphatic heterocycles. The average Bonchev–Trinajstić information content (AvgIpc) is 3.42. The lowest BCUT2D eigenvalue weighted by Crippen LogP contribution is -2.61. The topological polar surface area (TPSA) is 182 Å². The summed E-state index contributed by atoms with van der Waals surface area (Å²) in [6, 6.07) is 8.92. The van der Waals surface area contributed by atoms with Crippen LogP contribution < -0.4 is 10.1 Å². The molecule has 1 aliphatic carbocycles. The monoisotopic (exact) mass is 604 g/mol. The molecule has 13 nitrogen and oxygen atoms in total. The van der Waals surface area contributed by atoms with Crippen LogP contribution >= 0.6 is 0 Å². The molecule has 13 heteroatoms. The number of carboxylic acid groups (broad SMARTS) is 2. The van der Waals surface area contributed by atoms with Gasteiger partial charge in [0.15, 0.2) is 0 Å². The molecule has 2 saturated heterocycles. The van der Waals surface area contributed by atoms with E-state index in [0.717, 1.165) is 32.7 Å². The van der Waals surface area contributed by atoms with Gasteiger partial charge in [-0.15, -0.1) is 0 Å². The van der Waals surface area contributed by atoms with Crippen LogP contribution in [0.3, 0.4) is 0 Å². The fraction of sp³-hybridized carbons (Fsp3) is 0.667. The summed E-state index contributed by atoms with van der Waals surface area (Å²) in [5.74, 6) is -2.64. The number of aliphatic hydroxyl groups excluding tert-OH is 1. The van der Waals surface area contributed by atoms with Crippen LogP contribution in [0.4, 0.5) is 4.79 Å². The summed E-state index contributed by atoms with van der Waals surface area (Å²) in [4.78, 5) is 37.2. The van der Waals surface area contributed by atoms with Crippen molar-refractivity contribution in [2.24, 2.45) is 11.8 Å². The van der Waals surface area contributed by atoms with Crippen molar-refractivity contribution in [3.05, 3.63) is 29.8 Å². The third-order valence-electron chi connectivity index (χ3n) is 7.37. The SMILES string of the molecule is CC(C)(C)OC(=O)NCCN1CC2CN(C[C@H](O)COc3ccc(C#N)cc3)CC(C1)O2.O=C(O)C1CCCC1C(=O)O. The number of nitriles is 1. The Kier molecular flexibility index (Phi) is 12.6. The molecule has 1 aromatic carbocycles. The number of amides is 1. The first kappa shape index (κ1) is 34.1. The second-order valence-corrected chi connectivity index (χ2v) is 12.2. The fourth-order valence-electron chi connectivity index (χ4n) is 5.54. The van der Waals surface area contributed by atoms with Crippen LogP contribution in [0.15, 0.2) is 24.3 Å². The quantitative estimate of drug-likeness (QED) is 0.304. The minimum Gasteiger partial charge on any atom is -0.491 e. The Bertz CT molecular complexity index is 1080. The Hall–Kier alpha value is -3.44. The molecule has 1 amide bonds. The van der Waals surface area contributed by atoms with E-state index in [1.165, 1.54) is 0 Å². The first-order valence-electron chi connectivity index (χ1n) is 14.7. The molecule has 3 fully saturated rings. The molecule has 0 radical (unpaired) electrons. The molecule has 2 bridgehead atoms. The molecule has 4 unspecified atom stereocenters. The molecule has 0 spiro atoms. The summed E-state index contributed by atoms with van der Waals surface area (Å²) in [6.45, 7) is 10.6. The first-order valence-corrected chi connectivity index (χ1v) is 14.7. The third-order valence-corrected chi connectivity index (χ3v) is 7.37. The molecular formula is C30H44N4O9. The number of morpholine rings is 2. The smallest absolute Gasteiger partial charge is 0.407 e. The van der Waals surface area contributed by atoms with Gasteiger partial charge in [0.25, 0.3) is 0 Å². The van der Waals surface area contributed by atoms with E-state index < -0.39 is 41.6 Å². The van der Waals surface area contributed by atoms with Crippen LogP contribution in [0.25, 0.3) is 0 Å². The number of alkyl carbamates (subject to hydrolysis) is 1. The molecule has 0 aromatic heterocycles. The third kappa shape index (κ3) is 11.6. The minimum atomic E-state index is -0.977. The van der Waals surface area contributed by atoms with E-state index in [4.69, 9.17) is 29.7 Å². The largest absolute Gasteiger partial charge is 0.491 e. The zero-order valence-corrected chi connectivity index (χ0v) is 25.1. The predicted molar refractivity (Wildman–Crippen MR) is 155 cm³/mol. The highest BCUT2D eigenvalue weighted by molar-refractivity contribution is 5.80. The van der Waals surface area contributed by atoms with Crippen molar-refractivity contribution in [3.8, 4) is 11.8 Å². The highest BCUT2D eigenvalue weighted by Gasteiger charge is 2.38. The summed E-state index contributed by atoms with van der Waals surface area (Å²) in [5.41, 5.74) is 0.0775. The Balaban J connectivity index is 0.000000386. The number of carbonyl (C=O) groups excluding carboxylic acids is 1. The maximum absolute atomic E-state index is 11.8. The maximum atomic E-state index is 11.8. The molecule has 43 heavy (non-hydrogen) atoms. The molecule has 4 rings (SSSR count). The van der Waals surface area contributed by atoms with Crippen LogP contribution in [0.2, 0.25) is 0 Å². The zero-order valence-electron chi connectivity index (χ0n) is 25.1. The summed E-state index contributed by atoms with van der Waals surface area (Å²) in [6.07, 6.45) is 0.881. The number of aliphatic hydroxyl groups is 1. The number of benzene rings is 1. The maximum Gasteiger partial charge on any atom is 0.407 e. The Morgan fingerprint density at radius 2 is 1.58 bits per heavy atom. The molecule has 238 valence electrons. The lowest BCUT2D eigenvalue weighted by atomic mass is 9.97. The summed E-state index contributed by atoms with van der Waals surface area (Å²) >= 11 is 0. The second-order valence-electron chi connectivity index (χ2n) is 12.2. The number of ether oxygens (including phenoxy) is 3. The van der Waals surface area contributed by atoms with Gasteiger partial charge in [-0.05, 0) is 57.9 Å². The first-order chi connectivity index (χ1) is 20.3. The van der Waals surface area contributed by atoms with Crippen LogP contribution in [0.5, 0.6) is 5.75 Å². The van der Waals surface area contributed by atoms with E-state index in [2.05, 4.69) is 21.2 Å². The van der Waals surface area contributed by atoms with Crippen LogP contribution in [0, 0.1) is 23.2 Å². The van der Waals surface area contributed by atoms with Gasteiger partial charge in [-0.2, -0.15) is 5.26 Å². The van der Waals surface area contributed by atoms with Gasteiger partial charge in [0.2, 0.25) is 0 Å². The Morgan fingerprint density at radius 3 is 2.09 bits per heavy atom. The summed E-state index contributed by atoms with van der Waals surface area (Å²) in [5, 5.41) is 39.2. The van der Waals surface area contributed by atoms with Crippen molar-refractivity contribution in [2.75, 3.05) is 52.4 Å². The van der Waals surface area contributed by atoms with Gasteiger partial charge < -0.3 is 34.8 Å². The van der Waals surface area contributed by atoms with E-state index in [-0.39, 0.29) is 18.8 Å². The number of hydrogen-bond acceptors (Lipinski definition) is 10. The van der Waals surface area contributed by atoms with Gasteiger partial charge in [-0.3, -0.25) is 19.4 Å². The number of carbonyl (C=O) groups is 3. The van der Waals surface area contributed by atoms with E-state index in [1.54, 1.807) is 24.3 Å². The lowest BCUT2D eigenvalue weighted by molar-refractivity contribution is -0.152. The summed E-state index contributed by atoms with van der Waals surface area (Å²) in [7, 11) is 0. The van der Waals surface area contributed by atoms with Gasteiger partial charge in [-0.1, -0.05) is 6.42 Å².